The van der Waals surface area contributed by atoms with E-state index < -0.39 is 0 Å². The molecule has 0 unspecified atom stereocenters. The lowest BCUT2D eigenvalue weighted by atomic mass is 9.68. The fourth-order valence-electron chi connectivity index (χ4n) is 4.00. The largest absolute Gasteiger partial charge is 0.508 e. The number of aromatic hydroxyl groups is 1. The number of fused-ring (bicyclic) bond motifs is 1. The summed E-state index contributed by atoms with van der Waals surface area (Å²) in [5.41, 5.74) is 2.02. The predicted octanol–water partition coefficient (Wildman–Crippen LogP) is 3.82. The molecule has 1 aliphatic carbocycles. The number of benzene rings is 1. The Morgan fingerprint density at radius 1 is 1.43 bits per heavy atom. The lowest BCUT2D eigenvalue weighted by Crippen LogP contribution is -2.44. The van der Waals surface area contributed by atoms with E-state index in [9.17, 15) is 9.90 Å². The number of carbonyl (C=O) groups excluding carboxylic acids is 1. The number of carbonyl (C=O) groups is 1. The smallest absolute Gasteiger partial charge is 0.159 e. The molecule has 0 saturated carbocycles. The summed E-state index contributed by atoms with van der Waals surface area (Å²) in [6.45, 7) is 6.68. The summed E-state index contributed by atoms with van der Waals surface area (Å²) in [4.78, 5) is 12.3. The third kappa shape index (κ3) is 2.98. The summed E-state index contributed by atoms with van der Waals surface area (Å²) < 4.78 is 6.22. The second kappa shape index (κ2) is 6.32. The van der Waals surface area contributed by atoms with Gasteiger partial charge in [0.1, 0.15) is 5.75 Å². The van der Waals surface area contributed by atoms with Crippen molar-refractivity contribution in [1.29, 1.82) is 0 Å². The standard InChI is InChI=1S/C20H24O3/c1-3-4-16-13-20(17(9-10-23-20)12-19(16)22)14(2)11-15-5-7-18(21)8-6-15/h3,5-8,12,14,16,21H,1,4,9-11,13H2,2H3/t14-,16-,20+/m0/s1. The zero-order valence-electron chi connectivity index (χ0n) is 13.6. The van der Waals surface area contributed by atoms with Crippen LogP contribution in [0.4, 0.5) is 0 Å². The lowest BCUT2D eigenvalue weighted by molar-refractivity contribution is -0.123. The van der Waals surface area contributed by atoms with Gasteiger partial charge in [-0.15, -0.1) is 6.58 Å². The molecular weight excluding hydrogens is 288 g/mol. The van der Waals surface area contributed by atoms with E-state index in [1.165, 1.54) is 5.56 Å². The van der Waals surface area contributed by atoms with Gasteiger partial charge in [-0.2, -0.15) is 0 Å². The monoisotopic (exact) mass is 312 g/mol. The number of hydrogen-bond acceptors (Lipinski definition) is 3. The van der Waals surface area contributed by atoms with Gasteiger partial charge in [-0.05, 0) is 60.9 Å². The van der Waals surface area contributed by atoms with Crippen LogP contribution in [0.15, 0.2) is 48.6 Å². The summed E-state index contributed by atoms with van der Waals surface area (Å²) in [6, 6.07) is 7.35. The van der Waals surface area contributed by atoms with E-state index in [0.717, 1.165) is 24.8 Å². The Morgan fingerprint density at radius 2 is 2.17 bits per heavy atom. The highest BCUT2D eigenvalue weighted by molar-refractivity contribution is 5.94. The molecule has 1 aromatic carbocycles. The van der Waals surface area contributed by atoms with Gasteiger partial charge in [-0.1, -0.05) is 25.1 Å². The summed E-state index contributed by atoms with van der Waals surface area (Å²) in [5, 5.41) is 9.43. The minimum absolute atomic E-state index is 0.0170. The summed E-state index contributed by atoms with van der Waals surface area (Å²) in [6.07, 6.45) is 6.84. The molecule has 0 aromatic heterocycles. The van der Waals surface area contributed by atoms with Gasteiger partial charge in [0.2, 0.25) is 0 Å². The zero-order chi connectivity index (χ0) is 16.4. The average molecular weight is 312 g/mol. The molecular formula is C20H24O3. The minimum Gasteiger partial charge on any atom is -0.508 e. The predicted molar refractivity (Wildman–Crippen MR) is 90.3 cm³/mol. The molecule has 0 radical (unpaired) electrons. The topological polar surface area (TPSA) is 46.5 Å². The molecule has 3 atom stereocenters. The second-order valence-electron chi connectivity index (χ2n) is 6.76. The van der Waals surface area contributed by atoms with E-state index in [0.29, 0.717) is 13.0 Å². The molecule has 3 nitrogen and oxygen atoms in total. The molecule has 1 saturated heterocycles. The maximum absolute atomic E-state index is 12.3. The molecule has 1 aliphatic heterocycles. The van der Waals surface area contributed by atoms with Crippen molar-refractivity contribution in [2.45, 2.75) is 38.2 Å². The molecule has 1 heterocycles. The Labute approximate surface area is 137 Å². The van der Waals surface area contributed by atoms with Gasteiger partial charge in [-0.3, -0.25) is 4.79 Å². The van der Waals surface area contributed by atoms with Crippen LogP contribution in [0.2, 0.25) is 0 Å². The molecule has 0 bridgehead atoms. The number of ether oxygens (including phenoxy) is 1. The van der Waals surface area contributed by atoms with Crippen molar-refractivity contribution in [2.75, 3.05) is 6.61 Å². The normalized spacial score (nSPS) is 28.1. The van der Waals surface area contributed by atoms with Crippen molar-refractivity contribution in [3.05, 3.63) is 54.1 Å². The molecule has 3 heteroatoms. The van der Waals surface area contributed by atoms with Gasteiger partial charge in [0.05, 0.1) is 12.2 Å². The van der Waals surface area contributed by atoms with E-state index in [1.807, 2.05) is 24.3 Å². The van der Waals surface area contributed by atoms with Crippen LogP contribution in [0.25, 0.3) is 0 Å². The zero-order valence-corrected chi connectivity index (χ0v) is 13.6. The van der Waals surface area contributed by atoms with Crippen LogP contribution in [-0.2, 0) is 16.0 Å². The maximum atomic E-state index is 12.3. The molecule has 122 valence electrons. The van der Waals surface area contributed by atoms with Crippen molar-refractivity contribution >= 4 is 5.78 Å². The number of hydrogen-bond donors (Lipinski definition) is 1. The number of phenols is 1. The molecule has 1 aromatic rings. The van der Waals surface area contributed by atoms with Crippen LogP contribution in [0.1, 0.15) is 31.7 Å². The SMILES string of the molecule is C=CC[C@H]1C[C@]2([C@@H](C)Cc3ccc(O)cc3)OCCC2=CC1=O. The first-order valence-electron chi connectivity index (χ1n) is 8.33. The third-order valence-electron chi connectivity index (χ3n) is 5.27. The lowest BCUT2D eigenvalue weighted by Gasteiger charge is -2.41. The third-order valence-corrected chi connectivity index (χ3v) is 5.27. The molecule has 1 N–H and O–H groups in total. The van der Waals surface area contributed by atoms with Crippen molar-refractivity contribution in [2.24, 2.45) is 11.8 Å². The second-order valence-corrected chi connectivity index (χ2v) is 6.76. The van der Waals surface area contributed by atoms with E-state index in [1.54, 1.807) is 12.1 Å². The van der Waals surface area contributed by atoms with Crippen molar-refractivity contribution < 1.29 is 14.6 Å². The van der Waals surface area contributed by atoms with Gasteiger partial charge >= 0.3 is 0 Å². The highest BCUT2D eigenvalue weighted by atomic mass is 16.5. The first kappa shape index (κ1) is 16.0. The summed E-state index contributed by atoms with van der Waals surface area (Å²) in [5.74, 6) is 0.766. The van der Waals surface area contributed by atoms with Crippen molar-refractivity contribution in [3.8, 4) is 5.75 Å². The highest BCUT2D eigenvalue weighted by Gasteiger charge is 2.49. The van der Waals surface area contributed by atoms with Crippen LogP contribution in [0.5, 0.6) is 5.75 Å². The quantitative estimate of drug-likeness (QED) is 0.841. The molecule has 1 fully saturated rings. The van der Waals surface area contributed by atoms with Gasteiger partial charge in [0.25, 0.3) is 0 Å². The highest BCUT2D eigenvalue weighted by Crippen LogP contribution is 2.47. The van der Waals surface area contributed by atoms with Gasteiger partial charge in [-0.25, -0.2) is 0 Å². The van der Waals surface area contributed by atoms with E-state index in [2.05, 4.69) is 13.5 Å². The van der Waals surface area contributed by atoms with Gasteiger partial charge < -0.3 is 9.84 Å². The number of allylic oxidation sites excluding steroid dienone is 2. The Morgan fingerprint density at radius 3 is 2.87 bits per heavy atom. The Kier molecular flexibility index (Phi) is 4.40. The van der Waals surface area contributed by atoms with E-state index in [4.69, 9.17) is 4.74 Å². The number of ketones is 1. The molecule has 2 aliphatic rings. The maximum Gasteiger partial charge on any atom is 0.159 e. The average Bonchev–Trinajstić information content (AvgIpc) is 2.94. The van der Waals surface area contributed by atoms with Crippen LogP contribution in [0.3, 0.4) is 0 Å². The fourth-order valence-corrected chi connectivity index (χ4v) is 4.00. The number of phenolic OH excluding ortho intramolecular Hbond substituents is 1. The number of rotatable bonds is 5. The molecule has 3 rings (SSSR count). The summed E-state index contributed by atoms with van der Waals surface area (Å²) in [7, 11) is 0. The van der Waals surface area contributed by atoms with Gasteiger partial charge in [0.15, 0.2) is 5.78 Å². The van der Waals surface area contributed by atoms with Crippen LogP contribution >= 0.6 is 0 Å². The Bertz CT molecular complexity index is 629. The molecule has 0 amide bonds. The van der Waals surface area contributed by atoms with Crippen LogP contribution in [0, 0.1) is 11.8 Å². The summed E-state index contributed by atoms with van der Waals surface area (Å²) >= 11 is 0. The first-order chi connectivity index (χ1) is 11.0. The molecule has 23 heavy (non-hydrogen) atoms. The molecule has 0 spiro atoms. The van der Waals surface area contributed by atoms with Gasteiger partial charge in [0, 0.05) is 5.92 Å². The minimum atomic E-state index is -0.320. The van der Waals surface area contributed by atoms with Crippen molar-refractivity contribution in [1.82, 2.24) is 0 Å². The van der Waals surface area contributed by atoms with Crippen molar-refractivity contribution in [3.63, 3.8) is 0 Å². The Balaban J connectivity index is 1.85. The first-order valence-corrected chi connectivity index (χ1v) is 8.33. The van der Waals surface area contributed by atoms with E-state index >= 15 is 0 Å². The van der Waals surface area contributed by atoms with Crippen LogP contribution in [-0.4, -0.2) is 23.1 Å². The van der Waals surface area contributed by atoms with E-state index in [-0.39, 0.29) is 29.0 Å². The fraction of sp³-hybridized carbons (Fsp3) is 0.450. The van der Waals surface area contributed by atoms with Crippen LogP contribution < -0.4 is 0 Å². The Hall–Kier alpha value is -1.87.